The highest BCUT2D eigenvalue weighted by Gasteiger charge is 2.34. The van der Waals surface area contributed by atoms with Gasteiger partial charge >= 0.3 is 6.09 Å². The molecule has 0 aromatic heterocycles. The molecule has 0 bridgehead atoms. The summed E-state index contributed by atoms with van der Waals surface area (Å²) in [6.45, 7) is 0.121. The van der Waals surface area contributed by atoms with Gasteiger partial charge in [0, 0.05) is 6.61 Å². The van der Waals surface area contributed by atoms with E-state index in [0.717, 1.165) is 5.56 Å². The molecule has 1 saturated heterocycles. The van der Waals surface area contributed by atoms with E-state index in [9.17, 15) is 4.79 Å². The van der Waals surface area contributed by atoms with Gasteiger partial charge in [0.05, 0.1) is 6.04 Å². The van der Waals surface area contributed by atoms with Crippen LogP contribution in [0.15, 0.2) is 30.3 Å². The molecule has 2 atom stereocenters. The van der Waals surface area contributed by atoms with E-state index in [1.165, 1.54) is 0 Å². The summed E-state index contributed by atoms with van der Waals surface area (Å²) in [7, 11) is 0. The number of amides is 1. The number of benzene rings is 1. The van der Waals surface area contributed by atoms with E-state index in [2.05, 4.69) is 5.32 Å². The average Bonchev–Trinajstić information content (AvgIpc) is 2.69. The number of nitrogens with one attached hydrogen (secondary N) is 1. The molecule has 16 heavy (non-hydrogen) atoms. The van der Waals surface area contributed by atoms with Crippen molar-refractivity contribution in [1.29, 1.82) is 0 Å². The fourth-order valence-electron chi connectivity index (χ4n) is 1.94. The van der Waals surface area contributed by atoms with Crippen molar-refractivity contribution in [1.82, 2.24) is 5.32 Å². The van der Waals surface area contributed by atoms with Crippen LogP contribution in [0.5, 0.6) is 0 Å². The van der Waals surface area contributed by atoms with Gasteiger partial charge in [0.2, 0.25) is 0 Å². The Balaban J connectivity index is 2.09. The van der Waals surface area contributed by atoms with Crippen molar-refractivity contribution in [3.05, 3.63) is 35.9 Å². The van der Waals surface area contributed by atoms with Gasteiger partial charge in [-0.3, -0.25) is 0 Å². The van der Waals surface area contributed by atoms with Crippen molar-refractivity contribution < 1.29 is 14.6 Å². The van der Waals surface area contributed by atoms with Crippen LogP contribution in [0.4, 0.5) is 4.79 Å². The zero-order valence-electron chi connectivity index (χ0n) is 8.93. The van der Waals surface area contributed by atoms with E-state index in [1.807, 2.05) is 30.3 Å². The summed E-state index contributed by atoms with van der Waals surface area (Å²) in [5, 5.41) is 11.6. The van der Waals surface area contributed by atoms with Gasteiger partial charge in [0.15, 0.2) is 0 Å². The molecule has 4 nitrogen and oxygen atoms in total. The first-order chi connectivity index (χ1) is 7.81. The Bertz CT molecular complexity index is 353. The molecule has 0 radical (unpaired) electrons. The van der Waals surface area contributed by atoms with Crippen LogP contribution in [0.3, 0.4) is 0 Å². The molecule has 1 aromatic rings. The second-order valence-electron chi connectivity index (χ2n) is 3.84. The van der Waals surface area contributed by atoms with E-state index < -0.39 is 0 Å². The summed E-state index contributed by atoms with van der Waals surface area (Å²) >= 11 is 0. The Morgan fingerprint density at radius 3 is 2.75 bits per heavy atom. The Labute approximate surface area is 94.2 Å². The number of alkyl carbamates (subject to hydrolysis) is 1. The lowest BCUT2D eigenvalue weighted by atomic mass is 9.99. The van der Waals surface area contributed by atoms with E-state index in [4.69, 9.17) is 9.84 Å². The maximum absolute atomic E-state index is 11.2. The van der Waals surface area contributed by atoms with Crippen molar-refractivity contribution in [2.24, 2.45) is 0 Å². The predicted octanol–water partition coefficient (Wildman–Crippen LogP) is 1.61. The first kappa shape index (κ1) is 11.0. The molecule has 1 amide bonds. The van der Waals surface area contributed by atoms with Gasteiger partial charge in [-0.1, -0.05) is 30.3 Å². The van der Waals surface area contributed by atoms with Gasteiger partial charge in [-0.25, -0.2) is 4.79 Å². The Hall–Kier alpha value is -1.55. The summed E-state index contributed by atoms with van der Waals surface area (Å²) in [5.74, 6) is 0. The van der Waals surface area contributed by atoms with Crippen LogP contribution < -0.4 is 5.32 Å². The minimum Gasteiger partial charge on any atom is -0.444 e. The molecular formula is C12H15NO3. The Morgan fingerprint density at radius 2 is 2.06 bits per heavy atom. The lowest BCUT2D eigenvalue weighted by Crippen LogP contribution is -2.22. The lowest BCUT2D eigenvalue weighted by molar-refractivity contribution is 0.119. The van der Waals surface area contributed by atoms with Gasteiger partial charge in [-0.2, -0.15) is 0 Å². The molecule has 1 aliphatic heterocycles. The van der Waals surface area contributed by atoms with Crippen molar-refractivity contribution in [2.75, 3.05) is 6.61 Å². The van der Waals surface area contributed by atoms with Gasteiger partial charge in [0.25, 0.3) is 0 Å². The summed E-state index contributed by atoms with van der Waals surface area (Å²) in [5.41, 5.74) is 1.04. The van der Waals surface area contributed by atoms with Crippen LogP contribution in [-0.2, 0) is 4.74 Å². The highest BCUT2D eigenvalue weighted by atomic mass is 16.6. The molecule has 2 rings (SSSR count). The standard InChI is InChI=1S/C12H15NO3/c14-8-4-7-10-11(13-12(15)16-10)9-5-2-1-3-6-9/h1-3,5-6,10-11,14H,4,7-8H2,(H,13,15)/t10-,11+/m0/s1. The molecule has 1 aromatic carbocycles. The average molecular weight is 221 g/mol. The van der Waals surface area contributed by atoms with Crippen LogP contribution in [-0.4, -0.2) is 23.9 Å². The van der Waals surface area contributed by atoms with Crippen molar-refractivity contribution in [3.63, 3.8) is 0 Å². The second-order valence-corrected chi connectivity index (χ2v) is 3.84. The summed E-state index contributed by atoms with van der Waals surface area (Å²) in [6.07, 6.45) is 0.761. The molecule has 1 heterocycles. The predicted molar refractivity (Wildman–Crippen MR) is 58.9 cm³/mol. The molecule has 0 unspecified atom stereocenters. The zero-order chi connectivity index (χ0) is 11.4. The van der Waals surface area contributed by atoms with Gasteiger partial charge in [-0.15, -0.1) is 0 Å². The summed E-state index contributed by atoms with van der Waals surface area (Å²) < 4.78 is 5.17. The fraction of sp³-hybridized carbons (Fsp3) is 0.417. The summed E-state index contributed by atoms with van der Waals surface area (Å²) in [6, 6.07) is 9.63. The monoisotopic (exact) mass is 221 g/mol. The van der Waals surface area contributed by atoms with E-state index in [1.54, 1.807) is 0 Å². The largest absolute Gasteiger partial charge is 0.444 e. The number of ether oxygens (including phenoxy) is 1. The van der Waals surface area contributed by atoms with Crippen LogP contribution in [0.1, 0.15) is 24.4 Å². The SMILES string of the molecule is O=C1N[C@H](c2ccccc2)[C@H](CCCO)O1. The second kappa shape index (κ2) is 4.99. The number of hydrogen-bond acceptors (Lipinski definition) is 3. The van der Waals surface area contributed by atoms with Gasteiger partial charge < -0.3 is 15.2 Å². The van der Waals surface area contributed by atoms with Crippen LogP contribution in [0.2, 0.25) is 0 Å². The van der Waals surface area contributed by atoms with Gasteiger partial charge in [0.1, 0.15) is 6.10 Å². The topological polar surface area (TPSA) is 58.6 Å². The number of carbonyl (C=O) groups excluding carboxylic acids is 1. The maximum atomic E-state index is 11.2. The Morgan fingerprint density at radius 1 is 1.31 bits per heavy atom. The van der Waals surface area contributed by atoms with E-state index >= 15 is 0 Å². The first-order valence-electron chi connectivity index (χ1n) is 5.44. The molecule has 1 fully saturated rings. The molecule has 2 N–H and O–H groups in total. The third-order valence-corrected chi connectivity index (χ3v) is 2.71. The Kier molecular flexibility index (Phi) is 3.41. The highest BCUT2D eigenvalue weighted by molar-refractivity contribution is 5.70. The molecule has 1 aliphatic rings. The fourth-order valence-corrected chi connectivity index (χ4v) is 1.94. The molecular weight excluding hydrogens is 206 g/mol. The first-order valence-corrected chi connectivity index (χ1v) is 5.44. The number of aliphatic hydroxyl groups is 1. The molecule has 86 valence electrons. The van der Waals surface area contributed by atoms with E-state index in [-0.39, 0.29) is 24.8 Å². The third kappa shape index (κ3) is 2.33. The van der Waals surface area contributed by atoms with Crippen LogP contribution >= 0.6 is 0 Å². The molecule has 0 aliphatic carbocycles. The zero-order valence-corrected chi connectivity index (χ0v) is 8.93. The normalized spacial score (nSPS) is 23.9. The summed E-state index contributed by atoms with van der Waals surface area (Å²) in [4.78, 5) is 11.2. The van der Waals surface area contributed by atoms with Crippen LogP contribution in [0, 0.1) is 0 Å². The molecule has 0 spiro atoms. The lowest BCUT2D eigenvalue weighted by Gasteiger charge is -2.16. The third-order valence-electron chi connectivity index (χ3n) is 2.71. The molecule has 4 heteroatoms. The minimum atomic E-state index is -0.378. The smallest absolute Gasteiger partial charge is 0.408 e. The van der Waals surface area contributed by atoms with Crippen LogP contribution in [0.25, 0.3) is 0 Å². The minimum absolute atomic E-state index is 0.0970. The van der Waals surface area contributed by atoms with Crippen molar-refractivity contribution in [3.8, 4) is 0 Å². The van der Waals surface area contributed by atoms with Crippen molar-refractivity contribution in [2.45, 2.75) is 25.0 Å². The van der Waals surface area contributed by atoms with Crippen molar-refractivity contribution >= 4 is 6.09 Å². The van der Waals surface area contributed by atoms with Gasteiger partial charge in [-0.05, 0) is 18.4 Å². The number of hydrogen-bond donors (Lipinski definition) is 2. The number of rotatable bonds is 4. The maximum Gasteiger partial charge on any atom is 0.408 e. The molecule has 0 saturated carbocycles. The number of aliphatic hydroxyl groups excluding tert-OH is 1. The number of carbonyl (C=O) groups is 1. The highest BCUT2D eigenvalue weighted by Crippen LogP contribution is 2.27. The van der Waals surface area contributed by atoms with E-state index in [0.29, 0.717) is 12.8 Å². The quantitative estimate of drug-likeness (QED) is 0.812. The number of cyclic esters (lactones) is 1.